The van der Waals surface area contributed by atoms with Gasteiger partial charge >= 0.3 is 12.1 Å². The van der Waals surface area contributed by atoms with Crippen LogP contribution in [0.25, 0.3) is 10.9 Å². The molecule has 0 unspecified atom stereocenters. The summed E-state index contributed by atoms with van der Waals surface area (Å²) in [6, 6.07) is 6.42. The standard InChI is InChI=1S/C24H31N5O3/c1-2-14-6-5-7-16(10-14)26-24(32)29-20-11-15(20)12-21(29)22(30)27-18-13-28(23(25)31)19-9-4-3-8-17(18)19/h3-4,8-9,13-16,20-21H,2,5-7,10-12H2,1H3,(H2,25,31)(H,26,32)(H,27,30)/t14-,15-,16+,20-,21+/m1/s1. The van der Waals surface area contributed by atoms with Crippen LogP contribution in [0.1, 0.15) is 51.9 Å². The van der Waals surface area contributed by atoms with Gasteiger partial charge in [-0.15, -0.1) is 0 Å². The highest BCUT2D eigenvalue weighted by Gasteiger charge is 2.56. The van der Waals surface area contributed by atoms with E-state index in [4.69, 9.17) is 5.73 Å². The molecule has 1 saturated heterocycles. The lowest BCUT2D eigenvalue weighted by Crippen LogP contribution is -2.52. The predicted octanol–water partition coefficient (Wildman–Crippen LogP) is 3.65. The van der Waals surface area contributed by atoms with Crippen LogP contribution in [0.3, 0.4) is 0 Å². The normalized spacial score (nSPS) is 28.9. The van der Waals surface area contributed by atoms with Gasteiger partial charge in [0.25, 0.3) is 0 Å². The van der Waals surface area contributed by atoms with Gasteiger partial charge in [-0.1, -0.05) is 44.4 Å². The van der Waals surface area contributed by atoms with Crippen LogP contribution >= 0.6 is 0 Å². The Balaban J connectivity index is 1.31. The Hall–Kier alpha value is -3.03. The van der Waals surface area contributed by atoms with Crippen LogP contribution in [0.15, 0.2) is 30.5 Å². The van der Waals surface area contributed by atoms with Crippen molar-refractivity contribution in [2.24, 2.45) is 17.6 Å². The number of amides is 4. The first kappa shape index (κ1) is 20.8. The van der Waals surface area contributed by atoms with Gasteiger partial charge in [-0.3, -0.25) is 9.36 Å². The summed E-state index contributed by atoms with van der Waals surface area (Å²) in [5.74, 6) is 0.857. The van der Waals surface area contributed by atoms with Crippen molar-refractivity contribution < 1.29 is 14.4 Å². The van der Waals surface area contributed by atoms with E-state index in [-0.39, 0.29) is 24.0 Å². The summed E-state index contributed by atoms with van der Waals surface area (Å²) in [5.41, 5.74) is 6.66. The van der Waals surface area contributed by atoms with E-state index in [2.05, 4.69) is 17.6 Å². The summed E-state index contributed by atoms with van der Waals surface area (Å²) in [7, 11) is 0. The van der Waals surface area contributed by atoms with E-state index in [1.54, 1.807) is 17.2 Å². The fourth-order valence-electron chi connectivity index (χ4n) is 5.70. The van der Waals surface area contributed by atoms with Gasteiger partial charge in [0.2, 0.25) is 5.91 Å². The highest BCUT2D eigenvalue weighted by molar-refractivity contribution is 6.07. The molecule has 0 bridgehead atoms. The second-order valence-electron chi connectivity index (χ2n) is 9.57. The number of hydrogen-bond donors (Lipinski definition) is 3. The lowest BCUT2D eigenvalue weighted by molar-refractivity contribution is -0.120. The number of fused-ring (bicyclic) bond motifs is 2. The number of nitrogens with two attached hydrogens (primary N) is 1. The molecular formula is C24H31N5O3. The van der Waals surface area contributed by atoms with Crippen molar-refractivity contribution in [3.63, 3.8) is 0 Å². The largest absolute Gasteiger partial charge is 0.351 e. The number of primary amides is 1. The number of nitrogens with zero attached hydrogens (tertiary/aromatic N) is 2. The molecule has 4 amide bonds. The number of para-hydroxylation sites is 1. The molecule has 4 N–H and O–H groups in total. The van der Waals surface area contributed by atoms with Gasteiger partial charge < -0.3 is 21.3 Å². The average molecular weight is 438 g/mol. The highest BCUT2D eigenvalue weighted by atomic mass is 16.2. The maximum atomic E-state index is 13.3. The Morgan fingerprint density at radius 3 is 2.72 bits per heavy atom. The molecule has 8 nitrogen and oxygen atoms in total. The predicted molar refractivity (Wildman–Crippen MR) is 122 cm³/mol. The molecule has 0 radical (unpaired) electrons. The molecule has 8 heteroatoms. The Labute approximate surface area is 187 Å². The van der Waals surface area contributed by atoms with Gasteiger partial charge in [-0.05, 0) is 43.6 Å². The first-order valence-corrected chi connectivity index (χ1v) is 11.8. The van der Waals surface area contributed by atoms with Crippen LogP contribution in [-0.4, -0.2) is 45.6 Å². The molecule has 170 valence electrons. The molecule has 2 heterocycles. The number of likely N-dealkylation sites (tertiary alicyclic amines) is 1. The van der Waals surface area contributed by atoms with Crippen molar-refractivity contribution >= 4 is 34.6 Å². The molecule has 1 aromatic carbocycles. The number of benzene rings is 1. The fraction of sp³-hybridized carbons (Fsp3) is 0.542. The number of carbonyl (C=O) groups excluding carboxylic acids is 3. The van der Waals surface area contributed by atoms with Crippen molar-refractivity contribution in [1.29, 1.82) is 0 Å². The number of hydrogen-bond acceptors (Lipinski definition) is 3. The number of carbonyl (C=O) groups is 3. The smallest absolute Gasteiger partial charge is 0.323 e. The van der Waals surface area contributed by atoms with Gasteiger partial charge in [0.15, 0.2) is 0 Å². The van der Waals surface area contributed by atoms with E-state index in [1.165, 1.54) is 11.0 Å². The van der Waals surface area contributed by atoms with Crippen LogP contribution in [0.4, 0.5) is 15.3 Å². The molecule has 1 aliphatic heterocycles. The van der Waals surface area contributed by atoms with E-state index < -0.39 is 12.1 Å². The van der Waals surface area contributed by atoms with Gasteiger partial charge in [-0.2, -0.15) is 0 Å². The Morgan fingerprint density at radius 2 is 1.94 bits per heavy atom. The third-order valence-corrected chi connectivity index (χ3v) is 7.54. The number of piperidine rings is 1. The number of urea groups is 1. The monoisotopic (exact) mass is 437 g/mol. The fourth-order valence-corrected chi connectivity index (χ4v) is 5.70. The molecule has 2 aliphatic carbocycles. The maximum absolute atomic E-state index is 13.3. The molecule has 3 aliphatic rings. The van der Waals surface area contributed by atoms with Crippen LogP contribution in [0.2, 0.25) is 0 Å². The topological polar surface area (TPSA) is 109 Å². The van der Waals surface area contributed by atoms with Gasteiger partial charge in [-0.25, -0.2) is 9.59 Å². The first-order chi connectivity index (χ1) is 15.5. The number of rotatable bonds is 4. The summed E-state index contributed by atoms with van der Waals surface area (Å²) in [6.07, 6.45) is 8.76. The number of anilines is 1. The van der Waals surface area contributed by atoms with Crippen molar-refractivity contribution in [3.05, 3.63) is 30.5 Å². The zero-order chi connectivity index (χ0) is 22.4. The minimum Gasteiger partial charge on any atom is -0.351 e. The maximum Gasteiger partial charge on any atom is 0.323 e. The van der Waals surface area contributed by atoms with E-state index >= 15 is 0 Å². The average Bonchev–Trinajstić information content (AvgIpc) is 3.29. The second-order valence-corrected chi connectivity index (χ2v) is 9.57. The van der Waals surface area contributed by atoms with E-state index in [0.717, 1.165) is 37.5 Å². The molecule has 2 aromatic rings. The van der Waals surface area contributed by atoms with Crippen LogP contribution < -0.4 is 16.4 Å². The zero-order valence-electron chi connectivity index (χ0n) is 18.4. The molecule has 2 saturated carbocycles. The lowest BCUT2D eigenvalue weighted by Gasteiger charge is -2.33. The summed E-state index contributed by atoms with van der Waals surface area (Å²) < 4.78 is 1.33. The van der Waals surface area contributed by atoms with Gasteiger partial charge in [0.05, 0.1) is 11.2 Å². The van der Waals surface area contributed by atoms with Crippen molar-refractivity contribution in [1.82, 2.24) is 14.8 Å². The SMILES string of the molecule is CC[C@@H]1CCC[C@H](NC(=O)N2[C@@H]3C[C@@H]3C[C@H]2C(=O)Nc2cn(C(N)=O)c3ccccc23)C1. The Bertz CT molecular complexity index is 1060. The summed E-state index contributed by atoms with van der Waals surface area (Å²) in [5, 5.41) is 6.92. The molecular weight excluding hydrogens is 406 g/mol. The Morgan fingerprint density at radius 1 is 1.12 bits per heavy atom. The van der Waals surface area contributed by atoms with Gasteiger partial charge in [0.1, 0.15) is 6.04 Å². The quantitative estimate of drug-likeness (QED) is 0.679. The summed E-state index contributed by atoms with van der Waals surface area (Å²) >= 11 is 0. The van der Waals surface area contributed by atoms with Crippen LogP contribution in [0.5, 0.6) is 0 Å². The second kappa shape index (κ2) is 8.15. The Kier molecular flexibility index (Phi) is 5.31. The molecule has 1 aromatic heterocycles. The zero-order valence-corrected chi connectivity index (χ0v) is 18.4. The van der Waals surface area contributed by atoms with Crippen LogP contribution in [0, 0.1) is 11.8 Å². The summed E-state index contributed by atoms with van der Waals surface area (Å²) in [6.45, 7) is 2.21. The minimum absolute atomic E-state index is 0.114. The van der Waals surface area contributed by atoms with Crippen LogP contribution in [-0.2, 0) is 4.79 Å². The first-order valence-electron chi connectivity index (χ1n) is 11.8. The van der Waals surface area contributed by atoms with Crippen molar-refractivity contribution in [2.75, 3.05) is 5.32 Å². The molecule has 0 spiro atoms. The molecule has 3 fully saturated rings. The van der Waals surface area contributed by atoms with E-state index in [0.29, 0.717) is 29.5 Å². The van der Waals surface area contributed by atoms with Crippen molar-refractivity contribution in [3.8, 4) is 0 Å². The number of aromatic nitrogens is 1. The highest BCUT2D eigenvalue weighted by Crippen LogP contribution is 2.48. The summed E-state index contributed by atoms with van der Waals surface area (Å²) in [4.78, 5) is 40.0. The number of nitrogens with one attached hydrogen (secondary N) is 2. The third kappa shape index (κ3) is 3.72. The molecule has 5 atom stereocenters. The molecule has 32 heavy (non-hydrogen) atoms. The lowest BCUT2D eigenvalue weighted by atomic mass is 9.84. The van der Waals surface area contributed by atoms with E-state index in [9.17, 15) is 14.4 Å². The molecule has 5 rings (SSSR count). The van der Waals surface area contributed by atoms with E-state index in [1.807, 2.05) is 18.2 Å². The third-order valence-electron chi connectivity index (χ3n) is 7.54. The van der Waals surface area contributed by atoms with Gasteiger partial charge in [0, 0.05) is 23.7 Å². The van der Waals surface area contributed by atoms with Crippen molar-refractivity contribution in [2.45, 2.75) is 70.0 Å². The minimum atomic E-state index is -0.609.